The topological polar surface area (TPSA) is 57.0 Å². The first kappa shape index (κ1) is 25.6. The number of alkyl halides is 3. The maximum Gasteiger partial charge on any atom is 0.573 e. The van der Waals surface area contributed by atoms with Gasteiger partial charge in [-0.3, -0.25) is 9.48 Å². The van der Waals surface area contributed by atoms with Crippen molar-refractivity contribution in [2.45, 2.75) is 29.8 Å². The highest BCUT2D eigenvalue weighted by molar-refractivity contribution is 8.02. The highest BCUT2D eigenvalue weighted by Gasteiger charge is 2.53. The molecule has 2 heterocycles. The van der Waals surface area contributed by atoms with E-state index in [2.05, 4.69) is 14.8 Å². The average molecular weight is 522 g/mol. The molecule has 0 unspecified atom stereocenters. The molecule has 3 aromatic rings. The van der Waals surface area contributed by atoms with Crippen molar-refractivity contribution in [3.8, 4) is 5.75 Å². The summed E-state index contributed by atoms with van der Waals surface area (Å²) in [6.45, 7) is 1.86. The molecule has 1 aromatic heterocycles. The van der Waals surface area contributed by atoms with Crippen molar-refractivity contribution in [1.29, 1.82) is 0 Å². The Kier molecular flexibility index (Phi) is 7.30. The third-order valence-corrected chi connectivity index (χ3v) is 7.56. The number of allylic oxidation sites excluding steroid dienone is 2. The van der Waals surface area contributed by atoms with Gasteiger partial charge in [0.1, 0.15) is 30.0 Å². The quantitative estimate of drug-likeness (QED) is 0.285. The molecule has 0 saturated carbocycles. The number of carbonyl (C=O) groups is 1. The number of aromatic nitrogens is 3. The standard InChI is InChI=1S/C25H20F5N3O2S/c1-16-23(34)22(5-3-2-4-17-6-9-19(10-7-17)35-25(28,29)30)36-24(16,13-33-15-31-14-32-33)20-11-8-18(26)12-21(20)27/h2-12,14-16,22H,13H2,1H3/b4-2+,5-3+/t16-,22+,24-/m1/s1. The number of ether oxygens (including phenoxy) is 1. The van der Waals surface area contributed by atoms with Crippen LogP contribution >= 0.6 is 11.8 Å². The number of ketones is 1. The van der Waals surface area contributed by atoms with Gasteiger partial charge in [-0.2, -0.15) is 5.10 Å². The SMILES string of the molecule is C[C@@H]1C(=O)[C@H](/C=C/C=C/c2ccc(OC(F)(F)F)cc2)S[C@@]1(Cn1cncn1)c1ccc(F)cc1F. The Balaban J connectivity index is 1.54. The number of hydrogen-bond donors (Lipinski definition) is 0. The molecule has 0 bridgehead atoms. The van der Waals surface area contributed by atoms with Crippen molar-refractivity contribution in [2.75, 3.05) is 0 Å². The van der Waals surface area contributed by atoms with Gasteiger partial charge < -0.3 is 4.74 Å². The minimum absolute atomic E-state index is 0.123. The highest BCUT2D eigenvalue weighted by atomic mass is 32.2. The number of carbonyl (C=O) groups excluding carboxylic acids is 1. The summed E-state index contributed by atoms with van der Waals surface area (Å²) in [6, 6.07) is 8.64. The number of Topliss-reactive ketones (excluding diaryl/α,β-unsaturated/α-hetero) is 1. The van der Waals surface area contributed by atoms with Gasteiger partial charge in [-0.05, 0) is 23.8 Å². The molecule has 2 aromatic carbocycles. The lowest BCUT2D eigenvalue weighted by Crippen LogP contribution is -2.35. The Bertz CT molecular complexity index is 1280. The van der Waals surface area contributed by atoms with Gasteiger partial charge in [0.05, 0.1) is 16.5 Å². The van der Waals surface area contributed by atoms with Crippen LogP contribution in [0.25, 0.3) is 6.08 Å². The molecule has 1 saturated heterocycles. The monoisotopic (exact) mass is 521 g/mol. The van der Waals surface area contributed by atoms with Crippen LogP contribution in [0.2, 0.25) is 0 Å². The number of benzene rings is 2. The molecular formula is C25H20F5N3O2S. The Labute approximate surface area is 207 Å². The summed E-state index contributed by atoms with van der Waals surface area (Å²) in [5, 5.41) is 3.49. The van der Waals surface area contributed by atoms with Gasteiger partial charge >= 0.3 is 6.36 Å². The van der Waals surface area contributed by atoms with Gasteiger partial charge in [0.15, 0.2) is 5.78 Å². The fourth-order valence-electron chi connectivity index (χ4n) is 4.05. The summed E-state index contributed by atoms with van der Waals surface area (Å²) in [6.07, 6.45) is 4.67. The fraction of sp³-hybridized carbons (Fsp3) is 0.240. The zero-order chi connectivity index (χ0) is 25.9. The van der Waals surface area contributed by atoms with Gasteiger partial charge in [-0.25, -0.2) is 13.8 Å². The molecule has 0 radical (unpaired) electrons. The maximum atomic E-state index is 14.9. The fourth-order valence-corrected chi connectivity index (χ4v) is 5.82. The van der Waals surface area contributed by atoms with Crippen LogP contribution in [-0.4, -0.2) is 32.2 Å². The predicted molar refractivity (Wildman–Crippen MR) is 125 cm³/mol. The molecule has 11 heteroatoms. The van der Waals surface area contributed by atoms with E-state index in [-0.39, 0.29) is 23.6 Å². The van der Waals surface area contributed by atoms with E-state index in [1.54, 1.807) is 31.2 Å². The number of nitrogens with zero attached hydrogens (tertiary/aromatic N) is 3. The van der Waals surface area contributed by atoms with Crippen LogP contribution in [0.4, 0.5) is 22.0 Å². The summed E-state index contributed by atoms with van der Waals surface area (Å²) >= 11 is 1.25. The Morgan fingerprint density at radius 3 is 2.53 bits per heavy atom. The number of halogens is 5. The molecule has 5 nitrogen and oxygen atoms in total. The molecule has 0 spiro atoms. The molecule has 188 valence electrons. The third kappa shape index (κ3) is 5.67. The molecular weight excluding hydrogens is 501 g/mol. The maximum absolute atomic E-state index is 14.9. The van der Waals surface area contributed by atoms with Crippen molar-refractivity contribution < 1.29 is 31.5 Å². The summed E-state index contributed by atoms with van der Waals surface area (Å²) in [4.78, 5) is 17.1. The molecule has 36 heavy (non-hydrogen) atoms. The summed E-state index contributed by atoms with van der Waals surface area (Å²) < 4.78 is 69.7. The van der Waals surface area contributed by atoms with E-state index in [1.165, 1.54) is 59.4 Å². The van der Waals surface area contributed by atoms with Gasteiger partial charge in [0.25, 0.3) is 0 Å². The summed E-state index contributed by atoms with van der Waals surface area (Å²) in [7, 11) is 0. The van der Waals surface area contributed by atoms with E-state index in [4.69, 9.17) is 0 Å². The van der Waals surface area contributed by atoms with Crippen LogP contribution < -0.4 is 4.74 Å². The van der Waals surface area contributed by atoms with E-state index in [0.29, 0.717) is 5.56 Å². The minimum atomic E-state index is -4.76. The number of thioether (sulfide) groups is 1. The van der Waals surface area contributed by atoms with Gasteiger partial charge in [-0.15, -0.1) is 24.9 Å². The second-order valence-electron chi connectivity index (χ2n) is 8.13. The molecule has 3 atom stereocenters. The van der Waals surface area contributed by atoms with Crippen molar-refractivity contribution in [2.24, 2.45) is 5.92 Å². The average Bonchev–Trinajstić information content (AvgIpc) is 3.40. The van der Waals surface area contributed by atoms with Crippen LogP contribution in [0.1, 0.15) is 18.1 Å². The van der Waals surface area contributed by atoms with Crippen LogP contribution in [-0.2, 0) is 16.1 Å². The zero-order valence-electron chi connectivity index (χ0n) is 18.8. The van der Waals surface area contributed by atoms with Gasteiger partial charge in [-0.1, -0.05) is 49.4 Å². The molecule has 0 amide bonds. The smallest absolute Gasteiger partial charge is 0.406 e. The Morgan fingerprint density at radius 1 is 1.14 bits per heavy atom. The third-order valence-electron chi connectivity index (χ3n) is 5.79. The van der Waals surface area contributed by atoms with Crippen molar-refractivity contribution >= 4 is 23.6 Å². The van der Waals surface area contributed by atoms with Crippen LogP contribution in [0, 0.1) is 17.6 Å². The molecule has 1 aliphatic rings. The molecule has 4 rings (SSSR count). The van der Waals surface area contributed by atoms with Crippen molar-refractivity contribution in [3.63, 3.8) is 0 Å². The van der Waals surface area contributed by atoms with Gasteiger partial charge in [0, 0.05) is 17.5 Å². The Hall–Kier alpha value is -3.47. The lowest BCUT2D eigenvalue weighted by atomic mass is 9.82. The molecule has 0 aliphatic carbocycles. The summed E-state index contributed by atoms with van der Waals surface area (Å²) in [5.41, 5.74) is 0.833. The minimum Gasteiger partial charge on any atom is -0.406 e. The first-order chi connectivity index (χ1) is 17.1. The van der Waals surface area contributed by atoms with Crippen LogP contribution in [0.5, 0.6) is 5.75 Å². The largest absolute Gasteiger partial charge is 0.573 e. The Morgan fingerprint density at radius 2 is 1.89 bits per heavy atom. The van der Waals surface area contributed by atoms with E-state index in [1.807, 2.05) is 0 Å². The second-order valence-corrected chi connectivity index (χ2v) is 9.60. The summed E-state index contributed by atoms with van der Waals surface area (Å²) in [5.74, 6) is -2.53. The first-order valence-corrected chi connectivity index (χ1v) is 11.7. The predicted octanol–water partition coefficient (Wildman–Crippen LogP) is 5.94. The number of hydrogen-bond acceptors (Lipinski definition) is 5. The first-order valence-electron chi connectivity index (χ1n) is 10.8. The molecule has 0 N–H and O–H groups in total. The van der Waals surface area contributed by atoms with Crippen molar-refractivity contribution in [1.82, 2.24) is 14.8 Å². The van der Waals surface area contributed by atoms with E-state index >= 15 is 0 Å². The lowest BCUT2D eigenvalue weighted by Gasteiger charge is -2.32. The molecule has 1 aliphatic heterocycles. The molecule has 1 fully saturated rings. The van der Waals surface area contributed by atoms with E-state index in [0.717, 1.165) is 12.1 Å². The normalized spacial score (nSPS) is 22.7. The highest BCUT2D eigenvalue weighted by Crippen LogP contribution is 2.54. The zero-order valence-corrected chi connectivity index (χ0v) is 19.6. The van der Waals surface area contributed by atoms with Gasteiger partial charge in [0.2, 0.25) is 0 Å². The van der Waals surface area contributed by atoms with E-state index < -0.39 is 33.9 Å². The number of rotatable bonds is 7. The second kappa shape index (κ2) is 10.3. The van der Waals surface area contributed by atoms with E-state index in [9.17, 15) is 26.7 Å². The lowest BCUT2D eigenvalue weighted by molar-refractivity contribution is -0.274. The van der Waals surface area contributed by atoms with Crippen LogP contribution in [0.15, 0.2) is 73.3 Å². The van der Waals surface area contributed by atoms with Crippen molar-refractivity contribution in [3.05, 3.63) is 96.1 Å². The van der Waals surface area contributed by atoms with Crippen LogP contribution in [0.3, 0.4) is 0 Å².